The summed E-state index contributed by atoms with van der Waals surface area (Å²) in [6, 6.07) is 0. The second-order valence-electron chi connectivity index (χ2n) is 2.21. The van der Waals surface area contributed by atoms with Crippen LogP contribution >= 0.6 is 11.8 Å². The molecular weight excluding hydrogens is 162 g/mol. The van der Waals surface area contributed by atoms with E-state index >= 15 is 0 Å². The zero-order valence-corrected chi connectivity index (χ0v) is 6.39. The van der Waals surface area contributed by atoms with Crippen LogP contribution in [0.15, 0.2) is 28.5 Å². The van der Waals surface area contributed by atoms with Crippen molar-refractivity contribution in [1.29, 1.82) is 0 Å². The van der Waals surface area contributed by atoms with Gasteiger partial charge in [0.1, 0.15) is 10.8 Å². The first kappa shape index (κ1) is 6.67. The molecule has 0 saturated carbocycles. The van der Waals surface area contributed by atoms with E-state index in [0.717, 1.165) is 11.8 Å². The third kappa shape index (κ3) is 0.991. The Kier molecular flexibility index (Phi) is 1.35. The third-order valence-corrected chi connectivity index (χ3v) is 2.40. The van der Waals surface area contributed by atoms with Crippen LogP contribution in [0.4, 0.5) is 0 Å². The minimum atomic E-state index is -0.371. The zero-order valence-electron chi connectivity index (χ0n) is 5.57. The second-order valence-corrected chi connectivity index (χ2v) is 3.22. The largest absolute Gasteiger partial charge is 0.507 e. The molecule has 4 heteroatoms. The third-order valence-electron chi connectivity index (χ3n) is 1.49. The van der Waals surface area contributed by atoms with Crippen molar-refractivity contribution in [2.75, 3.05) is 5.75 Å². The van der Waals surface area contributed by atoms with E-state index < -0.39 is 0 Å². The highest BCUT2D eigenvalue weighted by Gasteiger charge is 2.22. The van der Waals surface area contributed by atoms with Gasteiger partial charge in [0.05, 0.1) is 0 Å². The quantitative estimate of drug-likeness (QED) is 0.586. The number of aliphatic imine (C=N–C) groups is 1. The molecule has 2 rings (SSSR count). The minimum Gasteiger partial charge on any atom is -0.507 e. The Labute approximate surface area is 67.5 Å². The number of hydrogen-bond acceptors (Lipinski definition) is 3. The van der Waals surface area contributed by atoms with Crippen molar-refractivity contribution < 1.29 is 9.90 Å². The lowest BCUT2D eigenvalue weighted by Crippen LogP contribution is -2.07. The van der Waals surface area contributed by atoms with Gasteiger partial charge in [-0.25, -0.2) is 4.99 Å². The number of fused-ring (bicyclic) bond motifs is 1. The van der Waals surface area contributed by atoms with Crippen LogP contribution in [0, 0.1) is 0 Å². The highest BCUT2D eigenvalue weighted by Crippen LogP contribution is 2.28. The van der Waals surface area contributed by atoms with Gasteiger partial charge in [-0.05, 0) is 0 Å². The van der Waals surface area contributed by atoms with Gasteiger partial charge in [-0.15, -0.1) is 11.8 Å². The predicted molar refractivity (Wildman–Crippen MR) is 43.7 cm³/mol. The molecule has 2 aliphatic heterocycles. The Bertz CT molecular complexity index is 314. The number of carbonyl (C=O) groups excluding carboxylic acids is 1. The molecule has 0 unspecified atom stereocenters. The summed E-state index contributed by atoms with van der Waals surface area (Å²) in [6.07, 6.45) is 3.00. The van der Waals surface area contributed by atoms with Crippen molar-refractivity contribution in [3.63, 3.8) is 0 Å². The summed E-state index contributed by atoms with van der Waals surface area (Å²) in [5.74, 6) is 0.466. The Morgan fingerprint density at radius 2 is 2.45 bits per heavy atom. The molecule has 56 valence electrons. The number of dihydropyridines is 1. The van der Waals surface area contributed by atoms with Gasteiger partial charge in [-0.2, -0.15) is 0 Å². The maximum absolute atomic E-state index is 10.8. The number of allylic oxidation sites excluding steroid dienone is 1. The van der Waals surface area contributed by atoms with Crippen molar-refractivity contribution in [3.05, 3.63) is 23.5 Å². The van der Waals surface area contributed by atoms with E-state index in [0.29, 0.717) is 10.6 Å². The number of hydrogen-bond donors (Lipinski definition) is 1. The van der Waals surface area contributed by atoms with E-state index in [1.165, 1.54) is 11.8 Å². The first-order chi connectivity index (χ1) is 5.27. The van der Waals surface area contributed by atoms with E-state index in [4.69, 9.17) is 0 Å². The number of thioether (sulfide) groups is 1. The topological polar surface area (TPSA) is 49.7 Å². The van der Waals surface area contributed by atoms with Gasteiger partial charge in [0.25, 0.3) is 5.91 Å². The van der Waals surface area contributed by atoms with E-state index in [9.17, 15) is 9.90 Å². The van der Waals surface area contributed by atoms with Gasteiger partial charge in [-0.3, -0.25) is 4.79 Å². The fourth-order valence-electron chi connectivity index (χ4n) is 1.00. The maximum atomic E-state index is 10.8. The van der Waals surface area contributed by atoms with Gasteiger partial charge in [0.2, 0.25) is 0 Å². The molecule has 0 aromatic carbocycles. The Balaban J connectivity index is 2.48. The molecule has 1 amide bonds. The molecule has 11 heavy (non-hydrogen) atoms. The summed E-state index contributed by atoms with van der Waals surface area (Å²) in [6.45, 7) is 0. The zero-order chi connectivity index (χ0) is 7.84. The van der Waals surface area contributed by atoms with Crippen molar-refractivity contribution in [1.82, 2.24) is 0 Å². The molecule has 0 aromatic heterocycles. The first-order valence-corrected chi connectivity index (χ1v) is 4.13. The van der Waals surface area contributed by atoms with Crippen LogP contribution < -0.4 is 0 Å². The van der Waals surface area contributed by atoms with Crippen LogP contribution in [0.25, 0.3) is 0 Å². The molecule has 0 bridgehead atoms. The molecule has 0 fully saturated rings. The van der Waals surface area contributed by atoms with Gasteiger partial charge in [-0.1, -0.05) is 6.08 Å². The summed E-state index contributed by atoms with van der Waals surface area (Å²) < 4.78 is 0. The number of aliphatic hydroxyl groups is 1. The monoisotopic (exact) mass is 167 g/mol. The molecule has 0 saturated heterocycles. The van der Waals surface area contributed by atoms with Gasteiger partial charge < -0.3 is 5.11 Å². The fourth-order valence-corrected chi connectivity index (χ4v) is 1.91. The van der Waals surface area contributed by atoms with Crippen LogP contribution in [0.5, 0.6) is 0 Å². The van der Waals surface area contributed by atoms with Crippen LogP contribution in [0.3, 0.4) is 0 Å². The normalized spacial score (nSPS) is 22.2. The molecule has 1 N–H and O–H groups in total. The van der Waals surface area contributed by atoms with Gasteiger partial charge in [0.15, 0.2) is 0 Å². The lowest BCUT2D eigenvalue weighted by atomic mass is 10.2. The maximum Gasteiger partial charge on any atom is 0.274 e. The van der Waals surface area contributed by atoms with E-state index in [1.807, 2.05) is 6.08 Å². The van der Waals surface area contributed by atoms with Crippen LogP contribution in [0.1, 0.15) is 0 Å². The van der Waals surface area contributed by atoms with Crippen molar-refractivity contribution in [2.24, 2.45) is 4.99 Å². The van der Waals surface area contributed by atoms with Crippen LogP contribution in [-0.2, 0) is 4.79 Å². The lowest BCUT2D eigenvalue weighted by Gasteiger charge is -2.05. The fraction of sp³-hybridized carbons (Fsp3) is 0.143. The highest BCUT2D eigenvalue weighted by atomic mass is 32.2. The highest BCUT2D eigenvalue weighted by molar-refractivity contribution is 8.15. The SMILES string of the molecule is O=C1C=C(O)C2=CCSC2=N1. The standard InChI is InChI=1S/C7H5NO2S/c9-5-3-6(10)8-7-4(5)1-2-11-7/h1,3,9H,2H2. The number of nitrogens with zero attached hydrogens (tertiary/aromatic N) is 1. The smallest absolute Gasteiger partial charge is 0.274 e. The summed E-state index contributed by atoms with van der Waals surface area (Å²) in [7, 11) is 0. The first-order valence-electron chi connectivity index (χ1n) is 3.14. The predicted octanol–water partition coefficient (Wildman–Crippen LogP) is 1.04. The molecule has 2 aliphatic rings. The van der Waals surface area contributed by atoms with Crippen molar-refractivity contribution in [3.8, 4) is 0 Å². The number of carbonyl (C=O) groups is 1. The van der Waals surface area contributed by atoms with Crippen molar-refractivity contribution >= 4 is 22.7 Å². The molecule has 0 atom stereocenters. The number of aliphatic hydroxyl groups excluding tert-OH is 1. The molecule has 0 aliphatic carbocycles. The summed E-state index contributed by atoms with van der Waals surface area (Å²) >= 11 is 1.47. The molecule has 2 heterocycles. The lowest BCUT2D eigenvalue weighted by molar-refractivity contribution is -0.113. The minimum absolute atomic E-state index is 0.0463. The number of rotatable bonds is 0. The Morgan fingerprint density at radius 3 is 3.27 bits per heavy atom. The van der Waals surface area contributed by atoms with Crippen LogP contribution in [0.2, 0.25) is 0 Å². The Morgan fingerprint density at radius 1 is 1.64 bits per heavy atom. The Hall–Kier alpha value is -1.03. The molecule has 3 nitrogen and oxygen atoms in total. The molecule has 0 radical (unpaired) electrons. The molecule has 0 aromatic rings. The summed E-state index contributed by atoms with van der Waals surface area (Å²) in [5, 5.41) is 9.88. The van der Waals surface area contributed by atoms with Gasteiger partial charge in [0, 0.05) is 17.4 Å². The summed E-state index contributed by atoms with van der Waals surface area (Å²) in [5.41, 5.74) is 0.703. The van der Waals surface area contributed by atoms with E-state index in [-0.39, 0.29) is 11.7 Å². The van der Waals surface area contributed by atoms with Crippen molar-refractivity contribution in [2.45, 2.75) is 0 Å². The average molecular weight is 167 g/mol. The average Bonchev–Trinajstić information content (AvgIpc) is 2.34. The number of amides is 1. The molecule has 0 spiro atoms. The summed E-state index contributed by atoms with van der Waals surface area (Å²) in [4.78, 5) is 14.5. The second kappa shape index (κ2) is 2.23. The van der Waals surface area contributed by atoms with Gasteiger partial charge >= 0.3 is 0 Å². The van der Waals surface area contributed by atoms with E-state index in [1.54, 1.807) is 0 Å². The van der Waals surface area contributed by atoms with E-state index in [2.05, 4.69) is 4.99 Å². The molecular formula is C7H5NO2S. The van der Waals surface area contributed by atoms with Crippen LogP contribution in [-0.4, -0.2) is 21.8 Å².